The summed E-state index contributed by atoms with van der Waals surface area (Å²) in [5.74, 6) is 0. The van der Waals surface area contributed by atoms with Gasteiger partial charge < -0.3 is 0 Å². The molecule has 0 spiro atoms. The number of hydrogen-bond acceptors (Lipinski definition) is 0. The molecule has 0 saturated carbocycles. The van der Waals surface area contributed by atoms with Crippen LogP contribution in [0.1, 0.15) is 0 Å². The average Bonchev–Trinajstić information content (AvgIpc) is 0. The van der Waals surface area contributed by atoms with Crippen molar-refractivity contribution in [3.63, 3.8) is 0 Å². The Morgan fingerprint density at radius 3 is 1.00 bits per heavy atom. The van der Waals surface area contributed by atoms with E-state index in [0.717, 1.165) is 0 Å². The second-order valence-corrected chi connectivity index (χ2v) is 0. The summed E-state index contributed by atoms with van der Waals surface area (Å²) < 4.78 is 0. The summed E-state index contributed by atoms with van der Waals surface area (Å²) in [4.78, 5) is 0. The van der Waals surface area contributed by atoms with Crippen LogP contribution in [0.5, 0.6) is 0 Å². The van der Waals surface area contributed by atoms with E-state index in [1.165, 1.54) is 0 Å². The fourth-order valence-corrected chi connectivity index (χ4v) is 0. The predicted molar refractivity (Wildman–Crippen MR) is 8.54 cm³/mol. The minimum atomic E-state index is 0. The zero-order chi connectivity index (χ0) is 0. The zero-order valence-electron chi connectivity index (χ0n) is 1.09. The summed E-state index contributed by atoms with van der Waals surface area (Å²) in [6.45, 7) is 0. The first-order valence-corrected chi connectivity index (χ1v) is 0. The van der Waals surface area contributed by atoms with Crippen LogP contribution >= 0.6 is 0 Å². The first-order chi connectivity index (χ1) is 0. The summed E-state index contributed by atoms with van der Waals surface area (Å²) in [5.41, 5.74) is 0. The van der Waals surface area contributed by atoms with Crippen LogP contribution in [0.2, 0.25) is 0 Å². The first-order valence-electron chi connectivity index (χ1n) is 0. The Kier molecular flexibility index (Phi) is 112. The molecule has 0 aromatic carbocycles. The van der Waals surface area contributed by atoms with Crippen molar-refractivity contribution in [1.82, 2.24) is 0 Å². The van der Waals surface area contributed by atoms with Crippen molar-refractivity contribution in [2.75, 3.05) is 0 Å². The summed E-state index contributed by atoms with van der Waals surface area (Å²) in [6.07, 6.45) is 0. The minimum Gasteiger partial charge on any atom is 0 e. The monoisotopic (exact) mass is 310 g/mol. The van der Waals surface area contributed by atoms with Crippen LogP contribution in [0.4, 0.5) is 0 Å². The topological polar surface area (TPSA) is 0 Å². The summed E-state index contributed by atoms with van der Waals surface area (Å²) in [5, 5.41) is 0. The zero-order valence-corrected chi connectivity index (χ0v) is 4.48. The van der Waals surface area contributed by atoms with Crippen LogP contribution in [0.15, 0.2) is 0 Å². The van der Waals surface area contributed by atoms with E-state index >= 15 is 0 Å². The van der Waals surface area contributed by atoms with Gasteiger partial charge in [0.2, 0.25) is 0 Å². The molecule has 0 unspecified atom stereocenters. The molecule has 0 heterocycles. The van der Waals surface area contributed by atoms with Gasteiger partial charge in [0.1, 0.15) is 0 Å². The summed E-state index contributed by atoms with van der Waals surface area (Å²) in [6, 6.07) is 0. The van der Waals surface area contributed by atoms with Crippen molar-refractivity contribution < 1.29 is 51.5 Å². The molecular formula is H2BaCrCuMn. The van der Waals surface area contributed by atoms with Gasteiger partial charge in [-0.3, -0.25) is 0 Å². The summed E-state index contributed by atoms with van der Waals surface area (Å²) >= 11 is 0. The Morgan fingerprint density at radius 1 is 1.00 bits per heavy atom. The Balaban J connectivity index is 0. The predicted octanol–water partition coefficient (Wildman–Crippen LogP) is -0.924. The van der Waals surface area contributed by atoms with E-state index in [2.05, 4.69) is 0 Å². The van der Waals surface area contributed by atoms with E-state index in [4.69, 9.17) is 0 Å². The number of rotatable bonds is 0. The molecule has 0 amide bonds. The van der Waals surface area contributed by atoms with Crippen LogP contribution in [0.3, 0.4) is 0 Å². The van der Waals surface area contributed by atoms with E-state index in [0.29, 0.717) is 0 Å². The van der Waals surface area contributed by atoms with Crippen LogP contribution in [-0.4, -0.2) is 48.9 Å². The molecule has 28 valence electrons. The molecule has 0 fully saturated rings. The van der Waals surface area contributed by atoms with Gasteiger partial charge in [0, 0.05) is 51.5 Å². The van der Waals surface area contributed by atoms with Crippen LogP contribution < -0.4 is 0 Å². The third-order valence-electron chi connectivity index (χ3n) is 0. The molecule has 2 radical (unpaired) electrons. The van der Waals surface area contributed by atoms with Crippen molar-refractivity contribution in [3.8, 4) is 0 Å². The Morgan fingerprint density at radius 2 is 1.00 bits per heavy atom. The van der Waals surface area contributed by atoms with Crippen LogP contribution in [0.25, 0.3) is 0 Å². The van der Waals surface area contributed by atoms with Crippen molar-refractivity contribution in [1.29, 1.82) is 0 Å². The smallest absolute Gasteiger partial charge is 0 e. The fraction of sp³-hybridized carbons (Fsp3) is 0. The second-order valence-electron chi connectivity index (χ2n) is 0. The van der Waals surface area contributed by atoms with E-state index < -0.39 is 0 Å². The SMILES string of the molecule is [BaH2].[Cr].[Cu].[Mn]. The number of hydrogen-bond donors (Lipinski definition) is 0. The molecule has 4 heteroatoms. The van der Waals surface area contributed by atoms with Crippen molar-refractivity contribution in [3.05, 3.63) is 0 Å². The fourth-order valence-electron chi connectivity index (χ4n) is 0. The largest absolute Gasteiger partial charge is 0 e. The minimum absolute atomic E-state index is 0. The maximum Gasteiger partial charge on any atom is 0 e. The molecule has 4 heavy (non-hydrogen) atoms. The molecule has 0 aliphatic rings. The normalized spacial score (nSPS) is 0. The third kappa shape index (κ3) is 8.94. The Labute approximate surface area is 98.0 Å². The molecule has 0 nitrogen and oxygen atoms in total. The molecule has 0 aromatic heterocycles. The molecule has 0 aromatic rings. The van der Waals surface area contributed by atoms with Gasteiger partial charge in [0.05, 0.1) is 0 Å². The van der Waals surface area contributed by atoms with Crippen molar-refractivity contribution in [2.24, 2.45) is 0 Å². The standard InChI is InChI=1S/Ba.Cr.Cu.Mn.2H. The van der Waals surface area contributed by atoms with E-state index in [1.54, 1.807) is 0 Å². The van der Waals surface area contributed by atoms with Crippen molar-refractivity contribution in [2.45, 2.75) is 0 Å². The first kappa shape index (κ1) is 27.3. The molecule has 0 bridgehead atoms. The molecular weight excluding hydrogens is 308 g/mol. The van der Waals surface area contributed by atoms with Gasteiger partial charge in [-0.1, -0.05) is 0 Å². The maximum absolute atomic E-state index is 0. The van der Waals surface area contributed by atoms with Gasteiger partial charge in [0.25, 0.3) is 0 Å². The quantitative estimate of drug-likeness (QED) is 0.508. The van der Waals surface area contributed by atoms with Gasteiger partial charge in [-0.2, -0.15) is 0 Å². The van der Waals surface area contributed by atoms with Crippen molar-refractivity contribution >= 4 is 48.9 Å². The Hall–Kier alpha value is 3.14. The van der Waals surface area contributed by atoms with Crippen LogP contribution in [0, 0.1) is 0 Å². The third-order valence-corrected chi connectivity index (χ3v) is 0. The van der Waals surface area contributed by atoms with Gasteiger partial charge in [-0.15, -0.1) is 0 Å². The van der Waals surface area contributed by atoms with E-state index in [1.807, 2.05) is 0 Å². The molecule has 0 atom stereocenters. The molecule has 0 aliphatic carbocycles. The molecule has 0 aliphatic heterocycles. The maximum atomic E-state index is 0. The van der Waals surface area contributed by atoms with E-state index in [-0.39, 0.29) is 100 Å². The Bertz CT molecular complexity index is 8.00. The molecule has 0 saturated heterocycles. The van der Waals surface area contributed by atoms with Gasteiger partial charge >= 0.3 is 48.9 Å². The van der Waals surface area contributed by atoms with Crippen LogP contribution in [-0.2, 0) is 51.5 Å². The van der Waals surface area contributed by atoms with Gasteiger partial charge in [-0.05, 0) is 0 Å². The molecule has 0 rings (SSSR count). The van der Waals surface area contributed by atoms with Gasteiger partial charge in [0.15, 0.2) is 0 Å². The summed E-state index contributed by atoms with van der Waals surface area (Å²) in [7, 11) is 0. The van der Waals surface area contributed by atoms with Gasteiger partial charge in [-0.25, -0.2) is 0 Å². The van der Waals surface area contributed by atoms with E-state index in [9.17, 15) is 0 Å². The molecule has 0 N–H and O–H groups in total. The average molecular weight is 310 g/mol. The second kappa shape index (κ2) is 16.4.